The van der Waals surface area contributed by atoms with Crippen LogP contribution >= 0.6 is 11.6 Å². The number of hydrogen-bond acceptors (Lipinski definition) is 5. The number of alkyl halides is 1. The van der Waals surface area contributed by atoms with Gasteiger partial charge in [-0.05, 0) is 25.1 Å². The fourth-order valence-corrected chi connectivity index (χ4v) is 2.25. The van der Waals surface area contributed by atoms with Crippen LogP contribution < -0.4 is 6.15 Å². The average molecular weight is 269 g/mol. The van der Waals surface area contributed by atoms with Crippen LogP contribution in [-0.4, -0.2) is 40.0 Å². The lowest BCUT2D eigenvalue weighted by Gasteiger charge is -2.18. The van der Waals surface area contributed by atoms with Crippen LogP contribution in [0.3, 0.4) is 0 Å². The summed E-state index contributed by atoms with van der Waals surface area (Å²) in [5.41, 5.74) is 1.10. The molecule has 1 aromatic rings. The van der Waals surface area contributed by atoms with E-state index in [1.807, 2.05) is 6.07 Å². The number of hydrogen-bond donors (Lipinski definition) is 2. The van der Waals surface area contributed by atoms with Crippen molar-refractivity contribution < 1.29 is 5.11 Å². The van der Waals surface area contributed by atoms with Gasteiger partial charge in [-0.25, -0.2) is 0 Å². The molecule has 0 saturated carbocycles. The van der Waals surface area contributed by atoms with Crippen molar-refractivity contribution in [3.05, 3.63) is 29.6 Å². The van der Waals surface area contributed by atoms with E-state index in [1.54, 1.807) is 12.1 Å². The van der Waals surface area contributed by atoms with Crippen LogP contribution in [0.25, 0.3) is 0 Å². The molecule has 2 heterocycles. The molecule has 2 atom stereocenters. The quantitative estimate of drug-likeness (QED) is 0.809. The summed E-state index contributed by atoms with van der Waals surface area (Å²) < 4.78 is 0. The van der Waals surface area contributed by atoms with Crippen LogP contribution in [0.1, 0.15) is 23.8 Å². The van der Waals surface area contributed by atoms with E-state index in [0.29, 0.717) is 17.8 Å². The van der Waals surface area contributed by atoms with Crippen molar-refractivity contribution in [1.29, 1.82) is 5.26 Å². The summed E-state index contributed by atoms with van der Waals surface area (Å²) in [6, 6.07) is 5.36. The second-order valence-electron chi connectivity index (χ2n) is 4.24. The molecule has 2 rings (SSSR count). The lowest BCUT2D eigenvalue weighted by molar-refractivity contribution is 0.122. The van der Waals surface area contributed by atoms with E-state index >= 15 is 0 Å². The molecule has 5 nitrogen and oxygen atoms in total. The summed E-state index contributed by atoms with van der Waals surface area (Å²) in [6.45, 7) is 2.28. The molecule has 98 valence electrons. The highest BCUT2D eigenvalue weighted by molar-refractivity contribution is 6.20. The second kappa shape index (κ2) is 6.66. The first-order chi connectivity index (χ1) is 8.19. The van der Waals surface area contributed by atoms with Crippen molar-refractivity contribution >= 4 is 11.6 Å². The van der Waals surface area contributed by atoms with Crippen LogP contribution in [0, 0.1) is 11.3 Å². The number of aliphatic hydroxyl groups is 1. The molecule has 1 saturated heterocycles. The maximum absolute atomic E-state index is 10.0. The number of likely N-dealkylation sites (tertiary alicyclic amines) is 1. The number of halogens is 1. The minimum Gasteiger partial charge on any atom is -0.385 e. The topological polar surface area (TPSA) is 95.1 Å². The summed E-state index contributed by atoms with van der Waals surface area (Å²) in [7, 11) is 0. The van der Waals surface area contributed by atoms with Gasteiger partial charge in [-0.2, -0.15) is 5.26 Å². The maximum Gasteiger partial charge on any atom is 0.109 e. The fraction of sp³-hybridized carbons (Fsp3) is 0.500. The summed E-state index contributed by atoms with van der Waals surface area (Å²) in [4.78, 5) is 6.21. The van der Waals surface area contributed by atoms with Gasteiger partial charge in [-0.15, -0.1) is 11.6 Å². The molecule has 1 aliphatic rings. The van der Waals surface area contributed by atoms with Crippen molar-refractivity contribution in [2.24, 2.45) is 0 Å². The first kappa shape index (κ1) is 14.9. The Kier molecular flexibility index (Phi) is 5.51. The van der Waals surface area contributed by atoms with Crippen LogP contribution in [0.15, 0.2) is 18.3 Å². The lowest BCUT2D eigenvalue weighted by atomic mass is 10.2. The highest BCUT2D eigenvalue weighted by Crippen LogP contribution is 2.19. The van der Waals surface area contributed by atoms with Gasteiger partial charge in [0.15, 0.2) is 0 Å². The van der Waals surface area contributed by atoms with Crippen molar-refractivity contribution in [3.63, 3.8) is 0 Å². The van der Waals surface area contributed by atoms with Crippen molar-refractivity contribution in [3.8, 4) is 6.07 Å². The van der Waals surface area contributed by atoms with E-state index in [0.717, 1.165) is 19.5 Å². The maximum atomic E-state index is 10.0. The third-order valence-corrected chi connectivity index (χ3v) is 3.26. The predicted octanol–water partition coefficient (Wildman–Crippen LogP) is 1.46. The van der Waals surface area contributed by atoms with Crippen LogP contribution in [0.5, 0.6) is 0 Å². The Morgan fingerprint density at radius 1 is 1.61 bits per heavy atom. The minimum absolute atomic E-state index is 0. The summed E-state index contributed by atoms with van der Waals surface area (Å²) >= 11 is 6.00. The Hall–Kier alpha value is -1.19. The van der Waals surface area contributed by atoms with Gasteiger partial charge in [0.1, 0.15) is 12.2 Å². The van der Waals surface area contributed by atoms with Crippen LogP contribution in [-0.2, 0) is 0 Å². The van der Waals surface area contributed by atoms with Gasteiger partial charge in [0.05, 0.1) is 11.3 Å². The molecular weight excluding hydrogens is 252 g/mol. The molecular formula is C12H17ClN4O. The minimum atomic E-state index is -0.621. The highest BCUT2D eigenvalue weighted by atomic mass is 35.5. The molecule has 0 aliphatic carbocycles. The molecule has 18 heavy (non-hydrogen) atoms. The normalized spacial score (nSPS) is 21.1. The molecule has 0 bridgehead atoms. The Morgan fingerprint density at radius 2 is 2.39 bits per heavy atom. The van der Waals surface area contributed by atoms with Crippen LogP contribution in [0.2, 0.25) is 0 Å². The van der Waals surface area contributed by atoms with Gasteiger partial charge in [0, 0.05) is 24.7 Å². The zero-order chi connectivity index (χ0) is 12.3. The van der Waals surface area contributed by atoms with Gasteiger partial charge < -0.3 is 11.3 Å². The van der Waals surface area contributed by atoms with E-state index in [9.17, 15) is 5.11 Å². The van der Waals surface area contributed by atoms with Crippen molar-refractivity contribution in [1.82, 2.24) is 16.0 Å². The third kappa shape index (κ3) is 3.65. The molecule has 0 aromatic carbocycles. The van der Waals surface area contributed by atoms with Gasteiger partial charge in [-0.3, -0.25) is 9.88 Å². The largest absolute Gasteiger partial charge is 0.385 e. The highest BCUT2D eigenvalue weighted by Gasteiger charge is 2.23. The Bertz CT molecular complexity index is 417. The molecule has 0 spiro atoms. The van der Waals surface area contributed by atoms with Crippen molar-refractivity contribution in [2.75, 3.05) is 19.6 Å². The van der Waals surface area contributed by atoms with Gasteiger partial charge in [0.2, 0.25) is 0 Å². The Labute approximate surface area is 112 Å². The van der Waals surface area contributed by atoms with Gasteiger partial charge in [-0.1, -0.05) is 0 Å². The number of rotatable bonds is 3. The number of aliphatic hydroxyl groups excluding tert-OH is 1. The van der Waals surface area contributed by atoms with Gasteiger partial charge in [0.25, 0.3) is 0 Å². The number of nitriles is 1. The second-order valence-corrected chi connectivity index (χ2v) is 4.86. The molecule has 1 aromatic heterocycles. The summed E-state index contributed by atoms with van der Waals surface area (Å²) in [5, 5.41) is 18.8. The number of nitrogens with zero attached hydrogens (tertiary/aromatic N) is 3. The third-order valence-electron chi connectivity index (χ3n) is 2.90. The predicted molar refractivity (Wildman–Crippen MR) is 69.6 cm³/mol. The van der Waals surface area contributed by atoms with Crippen molar-refractivity contribution in [2.45, 2.75) is 17.9 Å². The van der Waals surface area contributed by atoms with E-state index in [4.69, 9.17) is 16.9 Å². The Morgan fingerprint density at radius 3 is 2.89 bits per heavy atom. The first-order valence-corrected chi connectivity index (χ1v) is 6.03. The molecule has 4 N–H and O–H groups in total. The molecule has 6 heteroatoms. The standard InChI is InChI=1S/C12H14ClN3O.H3N/c13-10-3-4-16(7-10)8-12(17)11-2-1-9(5-14)6-15-11;/h1-2,6,10,12,17H,3-4,7-8H2;1H3/t10-,12?;/m1./s1. The average Bonchev–Trinajstić information content (AvgIpc) is 2.75. The Balaban J connectivity index is 0.00000162. The fourth-order valence-electron chi connectivity index (χ4n) is 1.96. The molecule has 0 radical (unpaired) electrons. The lowest BCUT2D eigenvalue weighted by Crippen LogP contribution is -2.27. The SMILES string of the molecule is N.N#Cc1ccc(C(O)CN2CC[C@@H](Cl)C2)nc1. The van der Waals surface area contributed by atoms with E-state index in [2.05, 4.69) is 9.88 Å². The zero-order valence-electron chi connectivity index (χ0n) is 10.1. The van der Waals surface area contributed by atoms with E-state index in [1.165, 1.54) is 6.20 Å². The number of pyridine rings is 1. The molecule has 0 amide bonds. The van der Waals surface area contributed by atoms with E-state index < -0.39 is 6.10 Å². The summed E-state index contributed by atoms with van der Waals surface area (Å²) in [6.07, 6.45) is 1.83. The molecule has 1 unspecified atom stereocenters. The summed E-state index contributed by atoms with van der Waals surface area (Å²) in [5.74, 6) is 0. The molecule has 1 aliphatic heterocycles. The number of aromatic nitrogens is 1. The van der Waals surface area contributed by atoms with E-state index in [-0.39, 0.29) is 11.5 Å². The monoisotopic (exact) mass is 268 g/mol. The molecule has 1 fully saturated rings. The smallest absolute Gasteiger partial charge is 0.109 e. The van der Waals surface area contributed by atoms with Gasteiger partial charge >= 0.3 is 0 Å². The zero-order valence-corrected chi connectivity index (χ0v) is 10.8. The first-order valence-electron chi connectivity index (χ1n) is 5.59. The van der Waals surface area contributed by atoms with Crippen LogP contribution in [0.4, 0.5) is 0 Å². The number of β-amino-alcohol motifs (C(OH)–C–C–N with tert-alkyl or cyclic N) is 1.